The smallest absolute Gasteiger partial charge is 0.231 e. The Morgan fingerprint density at radius 2 is 1.63 bits per heavy atom. The van der Waals surface area contributed by atoms with Gasteiger partial charge < -0.3 is 4.90 Å². The van der Waals surface area contributed by atoms with Crippen LogP contribution in [0.15, 0.2) is 54.6 Å². The predicted molar refractivity (Wildman–Crippen MR) is 77.2 cm³/mol. The molecular weight excluding hydrogens is 234 g/mol. The maximum atomic E-state index is 12.2. The third-order valence-corrected chi connectivity index (χ3v) is 3.49. The molecule has 2 aromatic rings. The summed E-state index contributed by atoms with van der Waals surface area (Å²) in [6.07, 6.45) is 2.55. The van der Waals surface area contributed by atoms with E-state index in [1.165, 1.54) is 0 Å². The van der Waals surface area contributed by atoms with Crippen LogP contribution < -0.4 is 0 Å². The van der Waals surface area contributed by atoms with Gasteiger partial charge in [0.2, 0.25) is 5.91 Å². The molecule has 3 rings (SSSR count). The van der Waals surface area contributed by atoms with E-state index >= 15 is 0 Å². The summed E-state index contributed by atoms with van der Waals surface area (Å²) in [6, 6.07) is 18.1. The second-order valence-corrected chi connectivity index (χ2v) is 4.72. The summed E-state index contributed by atoms with van der Waals surface area (Å²) < 4.78 is 0. The minimum Gasteiger partial charge on any atom is -0.315 e. The molecule has 1 aliphatic heterocycles. The van der Waals surface area contributed by atoms with E-state index in [4.69, 9.17) is 0 Å². The van der Waals surface area contributed by atoms with Crippen molar-refractivity contribution >= 4 is 17.7 Å². The van der Waals surface area contributed by atoms with Crippen LogP contribution in [0.4, 0.5) is 0 Å². The Bertz CT molecular complexity index is 643. The highest BCUT2D eigenvalue weighted by molar-refractivity contribution is 5.96. The molecule has 0 bridgehead atoms. The third kappa shape index (κ3) is 2.17. The standard InChI is InChI=1S/C17H15NO/c1-18-16(13-7-3-2-4-8-13)11-14-9-5-6-10-15(14)12-17(18)19/h2-11H,12H2,1H3. The zero-order valence-electron chi connectivity index (χ0n) is 10.8. The normalized spacial score (nSPS) is 14.7. The number of hydrogen-bond acceptors (Lipinski definition) is 1. The lowest BCUT2D eigenvalue weighted by molar-refractivity contribution is -0.126. The molecule has 1 amide bonds. The first kappa shape index (κ1) is 11.7. The van der Waals surface area contributed by atoms with E-state index in [-0.39, 0.29) is 5.91 Å². The van der Waals surface area contributed by atoms with Crippen molar-refractivity contribution in [2.75, 3.05) is 7.05 Å². The first-order valence-corrected chi connectivity index (χ1v) is 6.37. The lowest BCUT2D eigenvalue weighted by Crippen LogP contribution is -2.25. The molecule has 1 heterocycles. The fourth-order valence-electron chi connectivity index (χ4n) is 2.38. The van der Waals surface area contributed by atoms with Crippen LogP contribution >= 0.6 is 0 Å². The molecule has 2 heteroatoms. The van der Waals surface area contributed by atoms with Gasteiger partial charge in [-0.1, -0.05) is 54.6 Å². The molecule has 0 saturated heterocycles. The Balaban J connectivity index is 2.16. The monoisotopic (exact) mass is 249 g/mol. The molecule has 2 nitrogen and oxygen atoms in total. The molecule has 1 aliphatic rings. The molecule has 0 N–H and O–H groups in total. The molecule has 0 unspecified atom stereocenters. The minimum absolute atomic E-state index is 0.125. The number of likely N-dealkylation sites (N-methyl/N-ethyl adjacent to an activating group) is 1. The highest BCUT2D eigenvalue weighted by Crippen LogP contribution is 2.27. The Kier molecular flexibility index (Phi) is 2.92. The van der Waals surface area contributed by atoms with Gasteiger partial charge in [0.25, 0.3) is 0 Å². The Hall–Kier alpha value is -2.35. The van der Waals surface area contributed by atoms with E-state index in [9.17, 15) is 4.79 Å². The SMILES string of the molecule is CN1C(=O)Cc2ccccc2C=C1c1ccccc1. The van der Waals surface area contributed by atoms with Gasteiger partial charge in [0.05, 0.1) is 12.1 Å². The number of rotatable bonds is 1. The van der Waals surface area contributed by atoms with Crippen molar-refractivity contribution in [3.63, 3.8) is 0 Å². The van der Waals surface area contributed by atoms with E-state index in [1.807, 2.05) is 55.6 Å². The summed E-state index contributed by atoms with van der Waals surface area (Å²) in [5.41, 5.74) is 4.23. The lowest BCUT2D eigenvalue weighted by atomic mass is 10.0. The first-order valence-electron chi connectivity index (χ1n) is 6.37. The molecule has 0 fully saturated rings. The van der Waals surface area contributed by atoms with Crippen LogP contribution in [0.25, 0.3) is 11.8 Å². The maximum Gasteiger partial charge on any atom is 0.231 e. The van der Waals surface area contributed by atoms with Crippen molar-refractivity contribution < 1.29 is 4.79 Å². The van der Waals surface area contributed by atoms with Crippen LogP contribution in [0.5, 0.6) is 0 Å². The van der Waals surface area contributed by atoms with Crippen LogP contribution in [0, 0.1) is 0 Å². The lowest BCUT2D eigenvalue weighted by Gasteiger charge is -2.19. The number of carbonyl (C=O) groups is 1. The van der Waals surface area contributed by atoms with Gasteiger partial charge in [-0.15, -0.1) is 0 Å². The van der Waals surface area contributed by atoms with Gasteiger partial charge in [-0.25, -0.2) is 0 Å². The topological polar surface area (TPSA) is 20.3 Å². The second-order valence-electron chi connectivity index (χ2n) is 4.72. The number of benzene rings is 2. The molecular formula is C17H15NO. The van der Waals surface area contributed by atoms with Crippen LogP contribution in [0.2, 0.25) is 0 Å². The summed E-state index contributed by atoms with van der Waals surface area (Å²) in [5, 5.41) is 0. The van der Waals surface area contributed by atoms with E-state index in [1.54, 1.807) is 4.90 Å². The number of nitrogens with zero attached hydrogens (tertiary/aromatic N) is 1. The number of amides is 1. The minimum atomic E-state index is 0.125. The highest BCUT2D eigenvalue weighted by Gasteiger charge is 2.20. The highest BCUT2D eigenvalue weighted by atomic mass is 16.2. The first-order chi connectivity index (χ1) is 9.25. The molecule has 0 saturated carbocycles. The van der Waals surface area contributed by atoms with Crippen LogP contribution in [0.3, 0.4) is 0 Å². The van der Waals surface area contributed by atoms with Crippen molar-refractivity contribution in [2.45, 2.75) is 6.42 Å². The number of carbonyl (C=O) groups excluding carboxylic acids is 1. The van der Waals surface area contributed by atoms with E-state index < -0.39 is 0 Å². The summed E-state index contributed by atoms with van der Waals surface area (Å²) in [6.45, 7) is 0. The Morgan fingerprint density at radius 3 is 2.42 bits per heavy atom. The zero-order chi connectivity index (χ0) is 13.2. The predicted octanol–water partition coefficient (Wildman–Crippen LogP) is 3.20. The average molecular weight is 249 g/mol. The largest absolute Gasteiger partial charge is 0.315 e. The van der Waals surface area contributed by atoms with Gasteiger partial charge in [-0.3, -0.25) is 4.79 Å². The fraction of sp³-hybridized carbons (Fsp3) is 0.118. The summed E-state index contributed by atoms with van der Waals surface area (Å²) in [4.78, 5) is 14.0. The summed E-state index contributed by atoms with van der Waals surface area (Å²) >= 11 is 0. The Morgan fingerprint density at radius 1 is 0.947 bits per heavy atom. The molecule has 0 aliphatic carbocycles. The molecule has 19 heavy (non-hydrogen) atoms. The van der Waals surface area contributed by atoms with Crippen LogP contribution in [-0.4, -0.2) is 17.9 Å². The second kappa shape index (κ2) is 4.73. The zero-order valence-corrected chi connectivity index (χ0v) is 10.8. The van der Waals surface area contributed by atoms with Crippen LogP contribution in [0.1, 0.15) is 16.7 Å². The van der Waals surface area contributed by atoms with E-state index in [2.05, 4.69) is 12.1 Å². The molecule has 0 radical (unpaired) electrons. The molecule has 2 aromatic carbocycles. The van der Waals surface area contributed by atoms with Gasteiger partial charge in [-0.05, 0) is 22.8 Å². The summed E-state index contributed by atoms with van der Waals surface area (Å²) in [5.74, 6) is 0.125. The summed E-state index contributed by atoms with van der Waals surface area (Å²) in [7, 11) is 1.84. The van der Waals surface area contributed by atoms with Gasteiger partial charge in [-0.2, -0.15) is 0 Å². The van der Waals surface area contributed by atoms with Crippen LogP contribution in [-0.2, 0) is 11.2 Å². The number of fused-ring (bicyclic) bond motifs is 1. The average Bonchev–Trinajstić information content (AvgIpc) is 2.58. The van der Waals surface area contributed by atoms with Gasteiger partial charge in [0.15, 0.2) is 0 Å². The van der Waals surface area contributed by atoms with Crippen molar-refractivity contribution in [1.82, 2.24) is 4.90 Å². The van der Waals surface area contributed by atoms with Crippen molar-refractivity contribution in [1.29, 1.82) is 0 Å². The maximum absolute atomic E-state index is 12.2. The van der Waals surface area contributed by atoms with Crippen molar-refractivity contribution in [3.8, 4) is 0 Å². The van der Waals surface area contributed by atoms with Crippen molar-refractivity contribution in [3.05, 3.63) is 71.3 Å². The molecule has 0 aromatic heterocycles. The van der Waals surface area contributed by atoms with E-state index in [0.717, 1.165) is 22.4 Å². The molecule has 0 spiro atoms. The van der Waals surface area contributed by atoms with Gasteiger partial charge in [0, 0.05) is 7.05 Å². The van der Waals surface area contributed by atoms with E-state index in [0.29, 0.717) is 6.42 Å². The third-order valence-electron chi connectivity index (χ3n) is 3.49. The molecule has 0 atom stereocenters. The molecule has 94 valence electrons. The quantitative estimate of drug-likeness (QED) is 0.760. The fourth-order valence-corrected chi connectivity index (χ4v) is 2.38. The number of hydrogen-bond donors (Lipinski definition) is 0. The van der Waals surface area contributed by atoms with Gasteiger partial charge >= 0.3 is 0 Å². The Labute approximate surface area is 113 Å². The van der Waals surface area contributed by atoms with Crippen molar-refractivity contribution in [2.24, 2.45) is 0 Å². The van der Waals surface area contributed by atoms with Gasteiger partial charge in [0.1, 0.15) is 0 Å².